The standard InChI is InChI=1S/C10H13NS/c1-2-4-9(5-3-1)8-10-11-6-7-12-10/h6-8H,1-5H2. The first-order valence-corrected chi connectivity index (χ1v) is 5.42. The fraction of sp³-hybridized carbons (Fsp3) is 0.500. The molecule has 12 heavy (non-hydrogen) atoms. The molecule has 1 nitrogen and oxygen atoms in total. The van der Waals surface area contributed by atoms with Crippen LogP contribution >= 0.6 is 11.3 Å². The van der Waals surface area contributed by atoms with Gasteiger partial charge in [-0.2, -0.15) is 0 Å². The summed E-state index contributed by atoms with van der Waals surface area (Å²) >= 11 is 1.73. The zero-order chi connectivity index (χ0) is 8.23. The van der Waals surface area contributed by atoms with Gasteiger partial charge >= 0.3 is 0 Å². The van der Waals surface area contributed by atoms with E-state index in [9.17, 15) is 0 Å². The summed E-state index contributed by atoms with van der Waals surface area (Å²) in [7, 11) is 0. The third-order valence-corrected chi connectivity index (χ3v) is 3.00. The second-order valence-corrected chi connectivity index (χ2v) is 4.16. The molecule has 0 aliphatic heterocycles. The minimum Gasteiger partial charge on any atom is -0.245 e. The van der Waals surface area contributed by atoms with Crippen LogP contribution in [0.3, 0.4) is 0 Å². The maximum atomic E-state index is 4.25. The molecule has 0 unspecified atom stereocenters. The van der Waals surface area contributed by atoms with Gasteiger partial charge in [-0.1, -0.05) is 12.0 Å². The second kappa shape index (κ2) is 3.85. The zero-order valence-corrected chi connectivity index (χ0v) is 7.94. The van der Waals surface area contributed by atoms with E-state index in [4.69, 9.17) is 0 Å². The maximum absolute atomic E-state index is 4.25. The van der Waals surface area contributed by atoms with Gasteiger partial charge in [-0.3, -0.25) is 0 Å². The summed E-state index contributed by atoms with van der Waals surface area (Å²) in [5, 5.41) is 3.21. The van der Waals surface area contributed by atoms with Crippen molar-refractivity contribution < 1.29 is 0 Å². The molecule has 1 heterocycles. The number of rotatable bonds is 1. The van der Waals surface area contributed by atoms with Gasteiger partial charge in [0.25, 0.3) is 0 Å². The van der Waals surface area contributed by atoms with Crippen LogP contribution in [0.25, 0.3) is 6.08 Å². The van der Waals surface area contributed by atoms with Crippen LogP contribution in [0.2, 0.25) is 0 Å². The zero-order valence-electron chi connectivity index (χ0n) is 7.12. The van der Waals surface area contributed by atoms with Crippen molar-refractivity contribution in [1.82, 2.24) is 4.98 Å². The molecule has 2 rings (SSSR count). The van der Waals surface area contributed by atoms with Crippen LogP contribution in [-0.2, 0) is 0 Å². The van der Waals surface area contributed by atoms with E-state index < -0.39 is 0 Å². The molecule has 64 valence electrons. The Hall–Kier alpha value is -0.630. The summed E-state index contributed by atoms with van der Waals surface area (Å²) in [5.74, 6) is 0. The van der Waals surface area contributed by atoms with E-state index in [-0.39, 0.29) is 0 Å². The van der Waals surface area contributed by atoms with Crippen molar-refractivity contribution in [1.29, 1.82) is 0 Å². The highest BCUT2D eigenvalue weighted by Gasteiger charge is 2.05. The summed E-state index contributed by atoms with van der Waals surface area (Å²) in [4.78, 5) is 4.25. The van der Waals surface area contributed by atoms with Gasteiger partial charge in [-0.05, 0) is 31.8 Å². The van der Waals surface area contributed by atoms with E-state index >= 15 is 0 Å². The number of thiazole rings is 1. The Morgan fingerprint density at radius 2 is 2.08 bits per heavy atom. The van der Waals surface area contributed by atoms with Gasteiger partial charge in [0.2, 0.25) is 0 Å². The quantitative estimate of drug-likeness (QED) is 0.643. The predicted molar refractivity (Wildman–Crippen MR) is 53.2 cm³/mol. The van der Waals surface area contributed by atoms with Gasteiger partial charge < -0.3 is 0 Å². The Bertz CT molecular complexity index is 253. The second-order valence-electron chi connectivity index (χ2n) is 3.23. The third-order valence-electron chi connectivity index (χ3n) is 2.27. The number of hydrogen-bond acceptors (Lipinski definition) is 2. The topological polar surface area (TPSA) is 12.9 Å². The number of nitrogens with zero attached hydrogens (tertiary/aromatic N) is 1. The molecular formula is C10H13NS. The van der Waals surface area contributed by atoms with Crippen LogP contribution in [0, 0.1) is 0 Å². The van der Waals surface area contributed by atoms with Gasteiger partial charge in [-0.25, -0.2) is 4.98 Å². The SMILES string of the molecule is C(=C1CCCCC1)c1nccs1. The fourth-order valence-electron chi connectivity index (χ4n) is 1.63. The Labute approximate surface area is 77.2 Å². The van der Waals surface area contributed by atoms with E-state index in [2.05, 4.69) is 11.1 Å². The van der Waals surface area contributed by atoms with Gasteiger partial charge in [0.1, 0.15) is 5.01 Å². The summed E-state index contributed by atoms with van der Waals surface area (Å²) in [6.45, 7) is 0. The lowest BCUT2D eigenvalue weighted by atomic mass is 9.95. The van der Waals surface area contributed by atoms with E-state index in [0.717, 1.165) is 0 Å². The van der Waals surface area contributed by atoms with Gasteiger partial charge in [-0.15, -0.1) is 11.3 Å². The smallest absolute Gasteiger partial charge is 0.115 e. The molecule has 0 spiro atoms. The molecule has 1 aromatic heterocycles. The summed E-state index contributed by atoms with van der Waals surface area (Å²) < 4.78 is 0. The fourth-order valence-corrected chi connectivity index (χ4v) is 2.25. The molecule has 1 aliphatic carbocycles. The average Bonchev–Trinajstić information content (AvgIpc) is 2.59. The highest BCUT2D eigenvalue weighted by molar-refractivity contribution is 7.10. The number of hydrogen-bond donors (Lipinski definition) is 0. The van der Waals surface area contributed by atoms with Gasteiger partial charge in [0.15, 0.2) is 0 Å². The number of aromatic nitrogens is 1. The van der Waals surface area contributed by atoms with Gasteiger partial charge in [0.05, 0.1) is 0 Å². The minimum absolute atomic E-state index is 1.17. The van der Waals surface area contributed by atoms with Crippen LogP contribution in [-0.4, -0.2) is 4.98 Å². The largest absolute Gasteiger partial charge is 0.245 e. The van der Waals surface area contributed by atoms with Crippen LogP contribution < -0.4 is 0 Å². The molecule has 0 radical (unpaired) electrons. The molecular weight excluding hydrogens is 166 g/mol. The molecule has 0 atom stereocenters. The predicted octanol–water partition coefficient (Wildman–Crippen LogP) is 3.49. The summed E-state index contributed by atoms with van der Waals surface area (Å²) in [6, 6.07) is 0. The Morgan fingerprint density at radius 1 is 1.25 bits per heavy atom. The first-order chi connectivity index (χ1) is 5.95. The molecule has 1 fully saturated rings. The van der Waals surface area contributed by atoms with Crippen molar-refractivity contribution in [2.24, 2.45) is 0 Å². The van der Waals surface area contributed by atoms with E-state index in [0.29, 0.717) is 0 Å². The Kier molecular flexibility index (Phi) is 2.57. The van der Waals surface area contributed by atoms with E-state index in [1.165, 1.54) is 37.1 Å². The normalized spacial score (nSPS) is 17.8. The first kappa shape index (κ1) is 7.99. The van der Waals surface area contributed by atoms with Crippen LogP contribution in [0.4, 0.5) is 0 Å². The van der Waals surface area contributed by atoms with E-state index in [1.807, 2.05) is 11.6 Å². The molecule has 0 N–H and O–H groups in total. The molecule has 2 heteroatoms. The molecule has 0 saturated heterocycles. The lowest BCUT2D eigenvalue weighted by molar-refractivity contribution is 0.602. The minimum atomic E-state index is 1.17. The molecule has 0 amide bonds. The van der Waals surface area contributed by atoms with Crippen molar-refractivity contribution in [3.8, 4) is 0 Å². The molecule has 1 saturated carbocycles. The number of allylic oxidation sites excluding steroid dienone is 1. The van der Waals surface area contributed by atoms with Crippen molar-refractivity contribution in [2.75, 3.05) is 0 Å². The summed E-state index contributed by atoms with van der Waals surface area (Å²) in [6.07, 6.45) is 10.9. The highest BCUT2D eigenvalue weighted by Crippen LogP contribution is 2.25. The molecule has 1 aliphatic rings. The van der Waals surface area contributed by atoms with Crippen LogP contribution in [0.15, 0.2) is 17.2 Å². The monoisotopic (exact) mass is 179 g/mol. The summed E-state index contributed by atoms with van der Waals surface area (Å²) in [5.41, 5.74) is 1.59. The van der Waals surface area contributed by atoms with Crippen molar-refractivity contribution in [3.05, 3.63) is 22.2 Å². The lowest BCUT2D eigenvalue weighted by Gasteiger charge is -2.12. The third kappa shape index (κ3) is 1.95. The Balaban J connectivity index is 2.07. The maximum Gasteiger partial charge on any atom is 0.115 e. The molecule has 1 aromatic rings. The molecule has 0 bridgehead atoms. The van der Waals surface area contributed by atoms with Crippen molar-refractivity contribution in [3.63, 3.8) is 0 Å². The first-order valence-electron chi connectivity index (χ1n) is 4.54. The van der Waals surface area contributed by atoms with Crippen molar-refractivity contribution in [2.45, 2.75) is 32.1 Å². The van der Waals surface area contributed by atoms with E-state index in [1.54, 1.807) is 16.9 Å². The lowest BCUT2D eigenvalue weighted by Crippen LogP contribution is -1.92. The van der Waals surface area contributed by atoms with Gasteiger partial charge in [0, 0.05) is 11.6 Å². The Morgan fingerprint density at radius 3 is 2.75 bits per heavy atom. The van der Waals surface area contributed by atoms with Crippen molar-refractivity contribution >= 4 is 17.4 Å². The highest BCUT2D eigenvalue weighted by atomic mass is 32.1. The van der Waals surface area contributed by atoms with Crippen LogP contribution in [0.1, 0.15) is 37.1 Å². The average molecular weight is 179 g/mol. The van der Waals surface area contributed by atoms with Crippen LogP contribution in [0.5, 0.6) is 0 Å². The molecule has 0 aromatic carbocycles.